The van der Waals surface area contributed by atoms with Gasteiger partial charge in [-0.15, -0.1) is 0 Å². The van der Waals surface area contributed by atoms with Crippen molar-refractivity contribution in [2.75, 3.05) is 32.8 Å². The van der Waals surface area contributed by atoms with Gasteiger partial charge in [-0.3, -0.25) is 5.41 Å². The van der Waals surface area contributed by atoms with Crippen molar-refractivity contribution in [3.8, 4) is 5.88 Å². The Bertz CT molecular complexity index is 838. The standard InChI is InChI=1S/C28H44N4O2/c1-5-24(31-13-7-14-31)18-21-8-9-26(30-20-21)33-17-12-23-19-25(23)22-10-15-32(16-11-22)27(29)34-28(3,4)6-2/h5,8-9,20,22-23,25,29H,6-7,10-19H2,1-4H3. The molecular weight excluding hydrogens is 424 g/mol. The second-order valence-corrected chi connectivity index (χ2v) is 10.9. The molecule has 2 unspecified atom stereocenters. The van der Waals surface area contributed by atoms with Gasteiger partial charge in [-0.05, 0) is 82.6 Å². The molecule has 3 heterocycles. The van der Waals surface area contributed by atoms with Gasteiger partial charge in [-0.1, -0.05) is 19.1 Å². The summed E-state index contributed by atoms with van der Waals surface area (Å²) in [6, 6.07) is 4.53. The minimum atomic E-state index is -0.256. The summed E-state index contributed by atoms with van der Waals surface area (Å²) in [5.41, 5.74) is 2.40. The zero-order chi connectivity index (χ0) is 24.1. The van der Waals surface area contributed by atoms with Crippen LogP contribution >= 0.6 is 0 Å². The van der Waals surface area contributed by atoms with Crippen LogP contribution in [0.1, 0.15) is 71.8 Å². The van der Waals surface area contributed by atoms with Crippen molar-refractivity contribution in [1.82, 2.24) is 14.8 Å². The van der Waals surface area contributed by atoms with Crippen molar-refractivity contribution in [3.63, 3.8) is 0 Å². The van der Waals surface area contributed by atoms with E-state index < -0.39 is 0 Å². The molecule has 1 saturated carbocycles. The normalized spacial score (nSPS) is 23.5. The van der Waals surface area contributed by atoms with Gasteiger partial charge in [-0.25, -0.2) is 4.98 Å². The van der Waals surface area contributed by atoms with Crippen LogP contribution in [0.3, 0.4) is 0 Å². The van der Waals surface area contributed by atoms with Gasteiger partial charge in [0.05, 0.1) is 6.61 Å². The van der Waals surface area contributed by atoms with Crippen LogP contribution in [0.4, 0.5) is 0 Å². The third-order valence-electron chi connectivity index (χ3n) is 8.15. The Morgan fingerprint density at radius 1 is 1.18 bits per heavy atom. The maximum atomic E-state index is 8.31. The Morgan fingerprint density at radius 2 is 1.94 bits per heavy atom. The predicted octanol–water partition coefficient (Wildman–Crippen LogP) is 5.49. The largest absolute Gasteiger partial charge is 0.478 e. The summed E-state index contributed by atoms with van der Waals surface area (Å²) in [5, 5.41) is 8.31. The van der Waals surface area contributed by atoms with Crippen LogP contribution in [-0.4, -0.2) is 59.2 Å². The molecule has 0 aromatic carbocycles. The van der Waals surface area contributed by atoms with Crippen molar-refractivity contribution < 1.29 is 9.47 Å². The average molecular weight is 469 g/mol. The van der Waals surface area contributed by atoms with Crippen LogP contribution in [0.25, 0.3) is 0 Å². The van der Waals surface area contributed by atoms with E-state index in [1.54, 1.807) is 0 Å². The quantitative estimate of drug-likeness (QED) is 0.363. The zero-order valence-corrected chi connectivity index (χ0v) is 21.7. The maximum Gasteiger partial charge on any atom is 0.284 e. The molecule has 6 nitrogen and oxygen atoms in total. The highest BCUT2D eigenvalue weighted by Gasteiger charge is 2.43. The second-order valence-electron chi connectivity index (χ2n) is 10.9. The minimum Gasteiger partial charge on any atom is -0.478 e. The van der Waals surface area contributed by atoms with Gasteiger partial charge in [0, 0.05) is 50.6 Å². The lowest BCUT2D eigenvalue weighted by atomic mass is 9.90. The Morgan fingerprint density at radius 3 is 2.53 bits per heavy atom. The van der Waals surface area contributed by atoms with Crippen LogP contribution in [0.5, 0.6) is 5.88 Å². The Balaban J connectivity index is 1.12. The second kappa shape index (κ2) is 11.0. The number of aromatic nitrogens is 1. The molecule has 188 valence electrons. The van der Waals surface area contributed by atoms with Gasteiger partial charge < -0.3 is 19.3 Å². The van der Waals surface area contributed by atoms with E-state index in [2.05, 4.69) is 54.6 Å². The van der Waals surface area contributed by atoms with Gasteiger partial charge in [0.15, 0.2) is 0 Å². The van der Waals surface area contributed by atoms with Crippen molar-refractivity contribution in [3.05, 3.63) is 35.7 Å². The number of nitrogens with zero attached hydrogens (tertiary/aromatic N) is 3. The predicted molar refractivity (Wildman–Crippen MR) is 137 cm³/mol. The number of ether oxygens (including phenoxy) is 2. The summed E-state index contributed by atoms with van der Waals surface area (Å²) in [4.78, 5) is 9.11. The first-order chi connectivity index (χ1) is 16.4. The van der Waals surface area contributed by atoms with Crippen LogP contribution in [-0.2, 0) is 11.2 Å². The number of rotatable bonds is 10. The first-order valence-electron chi connectivity index (χ1n) is 13.4. The number of hydrogen-bond acceptors (Lipinski definition) is 5. The van der Waals surface area contributed by atoms with E-state index in [-0.39, 0.29) is 5.60 Å². The van der Waals surface area contributed by atoms with Crippen LogP contribution < -0.4 is 4.74 Å². The molecule has 0 radical (unpaired) electrons. The summed E-state index contributed by atoms with van der Waals surface area (Å²) in [7, 11) is 0. The van der Waals surface area contributed by atoms with Crippen molar-refractivity contribution >= 4 is 6.02 Å². The molecule has 2 saturated heterocycles. The van der Waals surface area contributed by atoms with E-state index in [0.29, 0.717) is 6.02 Å². The van der Waals surface area contributed by atoms with E-state index in [1.165, 1.54) is 50.0 Å². The van der Waals surface area contributed by atoms with E-state index >= 15 is 0 Å². The van der Waals surface area contributed by atoms with Crippen molar-refractivity contribution in [2.24, 2.45) is 17.8 Å². The molecule has 2 atom stereocenters. The zero-order valence-electron chi connectivity index (χ0n) is 21.7. The SMILES string of the molecule is CC=C(Cc1ccc(OCCC2CC2C2CCN(C(=N)OC(C)(C)CC)CC2)nc1)N1CCC1. The molecule has 0 bridgehead atoms. The Hall–Kier alpha value is -2.24. The number of hydrogen-bond donors (Lipinski definition) is 1. The molecule has 1 N–H and O–H groups in total. The van der Waals surface area contributed by atoms with E-state index in [1.807, 2.05) is 12.3 Å². The summed E-state index contributed by atoms with van der Waals surface area (Å²) in [6.45, 7) is 13.4. The maximum absolute atomic E-state index is 8.31. The fraction of sp³-hybridized carbons (Fsp3) is 0.714. The monoisotopic (exact) mass is 468 g/mol. The van der Waals surface area contributed by atoms with Crippen LogP contribution in [0, 0.1) is 23.2 Å². The minimum absolute atomic E-state index is 0.256. The topological polar surface area (TPSA) is 61.7 Å². The molecule has 0 spiro atoms. The molecule has 3 aliphatic rings. The molecule has 0 amide bonds. The lowest BCUT2D eigenvalue weighted by molar-refractivity contribution is 0.0564. The van der Waals surface area contributed by atoms with Gasteiger partial charge in [0.2, 0.25) is 5.88 Å². The van der Waals surface area contributed by atoms with Gasteiger partial charge in [0.25, 0.3) is 6.02 Å². The number of likely N-dealkylation sites (tertiary alicyclic amines) is 2. The lowest BCUT2D eigenvalue weighted by Crippen LogP contribution is -2.43. The molecular formula is C28H44N4O2. The summed E-state index contributed by atoms with van der Waals surface area (Å²) < 4.78 is 11.9. The van der Waals surface area contributed by atoms with Gasteiger partial charge in [-0.2, -0.15) is 0 Å². The van der Waals surface area contributed by atoms with Crippen LogP contribution in [0.2, 0.25) is 0 Å². The molecule has 1 aromatic rings. The van der Waals surface area contributed by atoms with Crippen molar-refractivity contribution in [2.45, 2.75) is 78.2 Å². The lowest BCUT2D eigenvalue weighted by Gasteiger charge is -2.36. The summed E-state index contributed by atoms with van der Waals surface area (Å²) in [5.74, 6) is 3.16. The molecule has 2 aliphatic heterocycles. The molecule has 3 fully saturated rings. The summed E-state index contributed by atoms with van der Waals surface area (Å²) in [6.07, 6.45) is 12.2. The highest BCUT2D eigenvalue weighted by Crippen LogP contribution is 2.49. The van der Waals surface area contributed by atoms with Gasteiger partial charge in [0.1, 0.15) is 5.60 Å². The van der Waals surface area contributed by atoms with E-state index in [9.17, 15) is 0 Å². The first-order valence-corrected chi connectivity index (χ1v) is 13.4. The van der Waals surface area contributed by atoms with E-state index in [4.69, 9.17) is 14.9 Å². The molecule has 1 aromatic heterocycles. The third kappa shape index (κ3) is 6.45. The Labute approximate surface area is 206 Å². The highest BCUT2D eigenvalue weighted by atomic mass is 16.5. The highest BCUT2D eigenvalue weighted by molar-refractivity contribution is 5.70. The Kier molecular flexibility index (Phi) is 8.05. The number of amidine groups is 1. The molecule has 1 aliphatic carbocycles. The molecule has 6 heteroatoms. The molecule has 34 heavy (non-hydrogen) atoms. The number of piperidine rings is 1. The third-order valence-corrected chi connectivity index (χ3v) is 8.15. The van der Waals surface area contributed by atoms with Gasteiger partial charge >= 0.3 is 0 Å². The average Bonchev–Trinajstić information content (AvgIpc) is 3.58. The number of allylic oxidation sites excluding steroid dienone is 2. The fourth-order valence-electron chi connectivity index (χ4n) is 5.23. The van der Waals surface area contributed by atoms with E-state index in [0.717, 1.165) is 62.6 Å². The van der Waals surface area contributed by atoms with Crippen LogP contribution in [0.15, 0.2) is 30.1 Å². The number of nitrogens with one attached hydrogen (secondary N) is 1. The smallest absolute Gasteiger partial charge is 0.284 e. The molecule has 4 rings (SSSR count). The number of pyridine rings is 1. The fourth-order valence-corrected chi connectivity index (χ4v) is 5.23. The summed E-state index contributed by atoms with van der Waals surface area (Å²) >= 11 is 0. The van der Waals surface area contributed by atoms with Crippen molar-refractivity contribution in [1.29, 1.82) is 5.41 Å². The first kappa shape index (κ1) is 24.9.